The number of para-hydroxylation sites is 2. The van der Waals surface area contributed by atoms with Crippen LogP contribution < -0.4 is 18.5 Å². The maximum atomic E-state index is 13.1. The number of anilines is 2. The first-order chi connectivity index (χ1) is 13.9. The summed E-state index contributed by atoms with van der Waals surface area (Å²) < 4.78 is 64.7. The number of nitrogens with zero attached hydrogens (tertiary/aromatic N) is 1. The largest absolute Gasteiger partial charge is 0.495 e. The average Bonchev–Trinajstić information content (AvgIpc) is 2.83. The SMILES string of the molecule is COc1ccccc1NS(=O)(=O)c1cc(N2C(=O)C(C)(C)CS2(=O)=O)ccc1OC. The Labute approximate surface area is 175 Å². The third kappa shape index (κ3) is 3.82. The molecule has 0 atom stereocenters. The van der Waals surface area contributed by atoms with Gasteiger partial charge in [-0.25, -0.2) is 21.1 Å². The molecular weight excluding hydrogens is 432 g/mol. The first kappa shape index (κ1) is 21.9. The Balaban J connectivity index is 2.11. The van der Waals surface area contributed by atoms with E-state index in [1.165, 1.54) is 46.3 Å². The van der Waals surface area contributed by atoms with Crippen LogP contribution in [0.2, 0.25) is 0 Å². The molecule has 1 amide bonds. The Bertz CT molecular complexity index is 1210. The molecule has 0 aromatic heterocycles. The highest BCUT2D eigenvalue weighted by Crippen LogP contribution is 2.39. The van der Waals surface area contributed by atoms with Gasteiger partial charge in [0.25, 0.3) is 10.0 Å². The number of nitrogens with one attached hydrogen (secondary N) is 1. The van der Waals surface area contributed by atoms with Crippen LogP contribution in [0.25, 0.3) is 0 Å². The van der Waals surface area contributed by atoms with Gasteiger partial charge in [0.05, 0.1) is 36.8 Å². The minimum Gasteiger partial charge on any atom is -0.495 e. The Morgan fingerprint density at radius 1 is 1.03 bits per heavy atom. The molecule has 0 radical (unpaired) electrons. The lowest BCUT2D eigenvalue weighted by atomic mass is 9.95. The summed E-state index contributed by atoms with van der Waals surface area (Å²) in [6, 6.07) is 10.2. The molecule has 0 saturated carbocycles. The van der Waals surface area contributed by atoms with E-state index in [-0.39, 0.29) is 27.8 Å². The van der Waals surface area contributed by atoms with Crippen LogP contribution in [0.15, 0.2) is 47.4 Å². The maximum Gasteiger partial charge on any atom is 0.265 e. The smallest absolute Gasteiger partial charge is 0.265 e. The van der Waals surface area contributed by atoms with Crippen molar-refractivity contribution in [3.63, 3.8) is 0 Å². The molecule has 1 N–H and O–H groups in total. The summed E-state index contributed by atoms with van der Waals surface area (Å²) in [4.78, 5) is 12.3. The summed E-state index contributed by atoms with van der Waals surface area (Å²) in [5, 5.41) is 0. The molecule has 0 spiro atoms. The number of hydrogen-bond acceptors (Lipinski definition) is 7. The number of ether oxygens (including phenoxy) is 2. The standard InChI is InChI=1S/C19H22N2O7S2/c1-19(2)12-29(23,24)21(18(19)22)13-9-10-16(28-4)17(11-13)30(25,26)20-14-7-5-6-8-15(14)27-3/h5-11,20H,12H2,1-4H3. The molecule has 30 heavy (non-hydrogen) atoms. The van der Waals surface area contributed by atoms with Crippen molar-refractivity contribution in [2.75, 3.05) is 29.0 Å². The fourth-order valence-electron chi connectivity index (χ4n) is 3.19. The second-order valence-electron chi connectivity index (χ2n) is 7.35. The van der Waals surface area contributed by atoms with Gasteiger partial charge in [0.2, 0.25) is 15.9 Å². The van der Waals surface area contributed by atoms with E-state index < -0.39 is 31.4 Å². The molecule has 1 aliphatic heterocycles. The lowest BCUT2D eigenvalue weighted by Gasteiger charge is -2.20. The van der Waals surface area contributed by atoms with Crippen LogP contribution in [0, 0.1) is 5.41 Å². The highest BCUT2D eigenvalue weighted by atomic mass is 32.2. The van der Waals surface area contributed by atoms with Crippen LogP contribution in [0.3, 0.4) is 0 Å². The highest BCUT2D eigenvalue weighted by molar-refractivity contribution is 7.94. The summed E-state index contributed by atoms with van der Waals surface area (Å²) in [6.07, 6.45) is 0. The zero-order valence-corrected chi connectivity index (χ0v) is 18.5. The van der Waals surface area contributed by atoms with Crippen LogP contribution >= 0.6 is 0 Å². The topological polar surface area (TPSA) is 119 Å². The minimum atomic E-state index is -4.21. The molecule has 2 aromatic carbocycles. The van der Waals surface area contributed by atoms with E-state index in [0.717, 1.165) is 6.07 Å². The molecule has 1 aliphatic rings. The molecule has 0 aliphatic carbocycles. The number of carbonyl (C=O) groups is 1. The van der Waals surface area contributed by atoms with E-state index in [4.69, 9.17) is 9.47 Å². The lowest BCUT2D eigenvalue weighted by Crippen LogP contribution is -2.33. The molecule has 2 aromatic rings. The summed E-state index contributed by atoms with van der Waals surface area (Å²) in [7, 11) is -5.46. The molecule has 9 nitrogen and oxygen atoms in total. The fourth-order valence-corrected chi connectivity index (χ4v) is 6.55. The lowest BCUT2D eigenvalue weighted by molar-refractivity contribution is -0.123. The Kier molecular flexibility index (Phi) is 5.46. The number of benzene rings is 2. The maximum absolute atomic E-state index is 13.1. The minimum absolute atomic E-state index is 0.00977. The molecule has 0 bridgehead atoms. The molecule has 3 rings (SSSR count). The molecule has 1 fully saturated rings. The van der Waals surface area contributed by atoms with E-state index in [1.807, 2.05) is 0 Å². The quantitative estimate of drug-likeness (QED) is 0.711. The van der Waals surface area contributed by atoms with Crippen molar-refractivity contribution in [3.8, 4) is 11.5 Å². The van der Waals surface area contributed by atoms with E-state index in [1.54, 1.807) is 18.2 Å². The average molecular weight is 455 g/mol. The van der Waals surface area contributed by atoms with Gasteiger partial charge in [-0.05, 0) is 44.2 Å². The van der Waals surface area contributed by atoms with Crippen LogP contribution in [-0.2, 0) is 24.8 Å². The van der Waals surface area contributed by atoms with Gasteiger partial charge >= 0.3 is 0 Å². The summed E-state index contributed by atoms with van der Waals surface area (Å²) in [5.74, 6) is -0.708. The van der Waals surface area contributed by atoms with Gasteiger partial charge in [-0.3, -0.25) is 9.52 Å². The van der Waals surface area contributed by atoms with Gasteiger partial charge in [0.1, 0.15) is 16.4 Å². The monoisotopic (exact) mass is 454 g/mol. The van der Waals surface area contributed by atoms with E-state index in [2.05, 4.69) is 4.72 Å². The first-order valence-corrected chi connectivity index (χ1v) is 11.9. The van der Waals surface area contributed by atoms with E-state index >= 15 is 0 Å². The van der Waals surface area contributed by atoms with Crippen molar-refractivity contribution >= 4 is 37.3 Å². The van der Waals surface area contributed by atoms with Gasteiger partial charge < -0.3 is 9.47 Å². The first-order valence-electron chi connectivity index (χ1n) is 8.84. The van der Waals surface area contributed by atoms with Crippen molar-refractivity contribution < 1.29 is 31.1 Å². The summed E-state index contributed by atoms with van der Waals surface area (Å²) >= 11 is 0. The van der Waals surface area contributed by atoms with Crippen LogP contribution in [0.1, 0.15) is 13.8 Å². The third-order valence-corrected chi connectivity index (χ3v) is 8.01. The van der Waals surface area contributed by atoms with Crippen molar-refractivity contribution in [1.29, 1.82) is 0 Å². The highest BCUT2D eigenvalue weighted by Gasteiger charge is 2.50. The molecule has 162 valence electrons. The van der Waals surface area contributed by atoms with Crippen molar-refractivity contribution in [2.24, 2.45) is 5.41 Å². The fraction of sp³-hybridized carbons (Fsp3) is 0.316. The van der Waals surface area contributed by atoms with Crippen molar-refractivity contribution in [2.45, 2.75) is 18.7 Å². The number of rotatable bonds is 6. The summed E-state index contributed by atoms with van der Waals surface area (Å²) in [6.45, 7) is 3.05. The van der Waals surface area contributed by atoms with Gasteiger partial charge in [0.15, 0.2) is 0 Å². The molecular formula is C19H22N2O7S2. The zero-order chi connectivity index (χ0) is 22.3. The predicted octanol–water partition coefficient (Wildman–Crippen LogP) is 2.21. The van der Waals surface area contributed by atoms with Gasteiger partial charge in [-0.1, -0.05) is 12.1 Å². The third-order valence-electron chi connectivity index (χ3n) is 4.61. The van der Waals surface area contributed by atoms with Crippen LogP contribution in [0.4, 0.5) is 11.4 Å². The summed E-state index contributed by atoms with van der Waals surface area (Å²) in [5.41, 5.74) is -1.00. The molecule has 0 unspecified atom stereocenters. The number of carbonyl (C=O) groups excluding carboxylic acids is 1. The molecule has 11 heteroatoms. The van der Waals surface area contributed by atoms with Gasteiger partial charge in [-0.2, -0.15) is 0 Å². The van der Waals surface area contributed by atoms with Crippen LogP contribution in [-0.4, -0.2) is 42.7 Å². The van der Waals surface area contributed by atoms with E-state index in [9.17, 15) is 21.6 Å². The second kappa shape index (κ2) is 7.47. The number of amides is 1. The zero-order valence-electron chi connectivity index (χ0n) is 16.9. The number of sulfonamides is 2. The van der Waals surface area contributed by atoms with Gasteiger partial charge in [-0.15, -0.1) is 0 Å². The normalized spacial score (nSPS) is 17.6. The van der Waals surface area contributed by atoms with E-state index in [0.29, 0.717) is 10.1 Å². The Morgan fingerprint density at radius 3 is 2.23 bits per heavy atom. The molecule has 1 saturated heterocycles. The predicted molar refractivity (Wildman–Crippen MR) is 112 cm³/mol. The van der Waals surface area contributed by atoms with Crippen LogP contribution in [0.5, 0.6) is 11.5 Å². The number of hydrogen-bond donors (Lipinski definition) is 1. The Morgan fingerprint density at radius 2 is 1.67 bits per heavy atom. The second-order valence-corrected chi connectivity index (χ2v) is 10.8. The Hall–Kier alpha value is -2.79. The van der Waals surface area contributed by atoms with Crippen molar-refractivity contribution in [3.05, 3.63) is 42.5 Å². The van der Waals surface area contributed by atoms with Crippen molar-refractivity contribution in [1.82, 2.24) is 0 Å². The molecule has 1 heterocycles. The number of methoxy groups -OCH3 is 2. The van der Waals surface area contributed by atoms with Gasteiger partial charge in [0, 0.05) is 0 Å².